The average Bonchev–Trinajstić information content (AvgIpc) is 3.36. The van der Waals surface area contributed by atoms with Gasteiger partial charge in [0.15, 0.2) is 0 Å². The Labute approximate surface area is 212 Å². The molecule has 0 bridgehead atoms. The molecule has 0 spiro atoms. The highest BCUT2D eigenvalue weighted by Crippen LogP contribution is 2.39. The molecule has 0 aliphatic carbocycles. The lowest BCUT2D eigenvalue weighted by Gasteiger charge is -2.10. The summed E-state index contributed by atoms with van der Waals surface area (Å²) in [5.41, 5.74) is 6.57. The molecule has 0 radical (unpaired) electrons. The standard InChI is InChI=1S/C34H20N2O/c1-2-9-23-21(8-1)17-19-31-32(23)28-14-7-13-24(34(28)37-31)22-16-18-30(35-20-22)33-27-12-4-3-10-25(27)26-11-5-6-15-29(26)36-33/h1-20H. The van der Waals surface area contributed by atoms with Crippen LogP contribution in [0, 0.1) is 0 Å². The summed E-state index contributed by atoms with van der Waals surface area (Å²) in [6.07, 6.45) is 1.93. The summed E-state index contributed by atoms with van der Waals surface area (Å²) in [6.45, 7) is 0. The monoisotopic (exact) mass is 472 g/mol. The zero-order valence-corrected chi connectivity index (χ0v) is 19.8. The highest BCUT2D eigenvalue weighted by Gasteiger charge is 2.16. The molecule has 172 valence electrons. The van der Waals surface area contributed by atoms with E-state index in [1.54, 1.807) is 0 Å². The van der Waals surface area contributed by atoms with E-state index in [1.807, 2.05) is 12.3 Å². The molecule has 0 fully saturated rings. The molecule has 8 aromatic rings. The third-order valence-electron chi connectivity index (χ3n) is 7.31. The Morgan fingerprint density at radius 3 is 2.16 bits per heavy atom. The van der Waals surface area contributed by atoms with Crippen molar-refractivity contribution in [3.05, 3.63) is 121 Å². The molecule has 0 saturated heterocycles. The minimum absolute atomic E-state index is 0.855. The minimum Gasteiger partial charge on any atom is -0.455 e. The van der Waals surface area contributed by atoms with E-state index in [9.17, 15) is 0 Å². The summed E-state index contributed by atoms with van der Waals surface area (Å²) in [4.78, 5) is 9.89. The summed E-state index contributed by atoms with van der Waals surface area (Å²) in [5, 5.41) is 8.15. The van der Waals surface area contributed by atoms with E-state index in [2.05, 4.69) is 109 Å². The second-order valence-corrected chi connectivity index (χ2v) is 9.40. The minimum atomic E-state index is 0.855. The van der Waals surface area contributed by atoms with Crippen molar-refractivity contribution in [1.82, 2.24) is 9.97 Å². The van der Waals surface area contributed by atoms with Crippen molar-refractivity contribution >= 4 is 54.4 Å². The molecular formula is C34H20N2O. The van der Waals surface area contributed by atoms with Gasteiger partial charge in [0.1, 0.15) is 11.2 Å². The largest absolute Gasteiger partial charge is 0.455 e. The van der Waals surface area contributed by atoms with Gasteiger partial charge in [-0.15, -0.1) is 0 Å². The summed E-state index contributed by atoms with van der Waals surface area (Å²) in [6, 6.07) is 39.9. The smallest absolute Gasteiger partial charge is 0.143 e. The maximum Gasteiger partial charge on any atom is 0.143 e. The number of furan rings is 1. The molecule has 37 heavy (non-hydrogen) atoms. The Morgan fingerprint density at radius 1 is 0.541 bits per heavy atom. The van der Waals surface area contributed by atoms with Crippen LogP contribution in [0.15, 0.2) is 126 Å². The van der Waals surface area contributed by atoms with E-state index >= 15 is 0 Å². The molecule has 3 heterocycles. The van der Waals surface area contributed by atoms with Crippen molar-refractivity contribution in [3.63, 3.8) is 0 Å². The molecule has 0 saturated carbocycles. The van der Waals surface area contributed by atoms with E-state index in [0.717, 1.165) is 60.7 Å². The van der Waals surface area contributed by atoms with Gasteiger partial charge in [-0.1, -0.05) is 97.1 Å². The maximum absolute atomic E-state index is 6.43. The topological polar surface area (TPSA) is 38.9 Å². The van der Waals surface area contributed by atoms with Crippen LogP contribution in [0.3, 0.4) is 0 Å². The first-order valence-electron chi connectivity index (χ1n) is 12.4. The lowest BCUT2D eigenvalue weighted by Crippen LogP contribution is -1.92. The predicted molar refractivity (Wildman–Crippen MR) is 153 cm³/mol. The van der Waals surface area contributed by atoms with Crippen LogP contribution >= 0.6 is 0 Å². The van der Waals surface area contributed by atoms with Crippen LogP contribution in [0.1, 0.15) is 0 Å². The first-order chi connectivity index (χ1) is 18.3. The number of nitrogens with zero attached hydrogens (tertiary/aromatic N) is 2. The van der Waals surface area contributed by atoms with Gasteiger partial charge < -0.3 is 4.42 Å². The zero-order valence-electron chi connectivity index (χ0n) is 19.8. The van der Waals surface area contributed by atoms with Crippen LogP contribution in [0.2, 0.25) is 0 Å². The zero-order chi connectivity index (χ0) is 24.3. The third kappa shape index (κ3) is 3.01. The molecular weight excluding hydrogens is 452 g/mol. The highest BCUT2D eigenvalue weighted by molar-refractivity contribution is 6.20. The fraction of sp³-hybridized carbons (Fsp3) is 0. The Hall–Kier alpha value is -5.02. The van der Waals surface area contributed by atoms with Gasteiger partial charge in [-0.2, -0.15) is 0 Å². The Bertz CT molecular complexity index is 2140. The van der Waals surface area contributed by atoms with Gasteiger partial charge in [0.25, 0.3) is 0 Å². The molecule has 0 aliphatic rings. The Morgan fingerprint density at radius 2 is 1.30 bits per heavy atom. The average molecular weight is 473 g/mol. The number of rotatable bonds is 2. The highest BCUT2D eigenvalue weighted by atomic mass is 16.3. The normalized spacial score (nSPS) is 11.8. The van der Waals surface area contributed by atoms with Crippen LogP contribution in [0.25, 0.3) is 76.9 Å². The fourth-order valence-corrected chi connectivity index (χ4v) is 5.59. The van der Waals surface area contributed by atoms with E-state index in [1.165, 1.54) is 16.2 Å². The summed E-state index contributed by atoms with van der Waals surface area (Å²) < 4.78 is 6.43. The van der Waals surface area contributed by atoms with Crippen LogP contribution < -0.4 is 0 Å². The van der Waals surface area contributed by atoms with Crippen molar-refractivity contribution in [1.29, 1.82) is 0 Å². The third-order valence-corrected chi connectivity index (χ3v) is 7.31. The first kappa shape index (κ1) is 20.2. The number of aromatic nitrogens is 2. The van der Waals surface area contributed by atoms with Crippen LogP contribution in [-0.2, 0) is 0 Å². The molecule has 0 atom stereocenters. The van der Waals surface area contributed by atoms with Crippen molar-refractivity contribution in [2.24, 2.45) is 0 Å². The summed E-state index contributed by atoms with van der Waals surface area (Å²) >= 11 is 0. The van der Waals surface area contributed by atoms with Crippen molar-refractivity contribution in [3.8, 4) is 22.5 Å². The lowest BCUT2D eigenvalue weighted by atomic mass is 10.00. The molecule has 0 aliphatic heterocycles. The van der Waals surface area contributed by atoms with Gasteiger partial charge in [0.05, 0.1) is 16.9 Å². The van der Waals surface area contributed by atoms with Crippen molar-refractivity contribution in [2.45, 2.75) is 0 Å². The molecule has 0 N–H and O–H groups in total. The van der Waals surface area contributed by atoms with E-state index < -0.39 is 0 Å². The van der Waals surface area contributed by atoms with Crippen LogP contribution in [-0.4, -0.2) is 9.97 Å². The van der Waals surface area contributed by atoms with Gasteiger partial charge >= 0.3 is 0 Å². The van der Waals surface area contributed by atoms with E-state index in [0.29, 0.717) is 0 Å². The molecule has 3 heteroatoms. The summed E-state index contributed by atoms with van der Waals surface area (Å²) in [5.74, 6) is 0. The number of para-hydroxylation sites is 2. The molecule has 3 aromatic heterocycles. The predicted octanol–water partition coefficient (Wildman–Crippen LogP) is 9.17. The quantitative estimate of drug-likeness (QED) is 0.235. The maximum atomic E-state index is 6.43. The first-order valence-corrected chi connectivity index (χ1v) is 12.4. The van der Waals surface area contributed by atoms with E-state index in [-0.39, 0.29) is 0 Å². The van der Waals surface area contributed by atoms with E-state index in [4.69, 9.17) is 14.4 Å². The SMILES string of the molecule is c1ccc2c(c1)ccc1oc3c(-c4ccc(-c5nc6ccccc6c6ccccc56)nc4)cccc3c12. The second-order valence-electron chi connectivity index (χ2n) is 9.40. The van der Waals surface area contributed by atoms with Gasteiger partial charge in [-0.25, -0.2) is 4.98 Å². The van der Waals surface area contributed by atoms with Gasteiger partial charge in [-0.3, -0.25) is 4.98 Å². The second kappa shape index (κ2) is 7.74. The van der Waals surface area contributed by atoms with Crippen molar-refractivity contribution in [2.75, 3.05) is 0 Å². The molecule has 5 aromatic carbocycles. The Kier molecular flexibility index (Phi) is 4.23. The molecule has 0 amide bonds. The Balaban J connectivity index is 1.31. The van der Waals surface area contributed by atoms with Crippen LogP contribution in [0.5, 0.6) is 0 Å². The number of benzene rings is 5. The number of hydrogen-bond acceptors (Lipinski definition) is 3. The summed E-state index contributed by atoms with van der Waals surface area (Å²) in [7, 11) is 0. The molecule has 8 rings (SSSR count). The van der Waals surface area contributed by atoms with Crippen LogP contribution in [0.4, 0.5) is 0 Å². The number of pyridine rings is 2. The number of fused-ring (bicyclic) bond motifs is 8. The van der Waals surface area contributed by atoms with Gasteiger partial charge in [0, 0.05) is 38.9 Å². The molecule has 3 nitrogen and oxygen atoms in total. The fourth-order valence-electron chi connectivity index (χ4n) is 5.59. The van der Waals surface area contributed by atoms with Gasteiger partial charge in [-0.05, 0) is 34.4 Å². The van der Waals surface area contributed by atoms with Crippen molar-refractivity contribution < 1.29 is 4.42 Å². The lowest BCUT2D eigenvalue weighted by molar-refractivity contribution is 0.670. The number of hydrogen-bond donors (Lipinski definition) is 0. The molecule has 0 unspecified atom stereocenters. The van der Waals surface area contributed by atoms with Gasteiger partial charge in [0.2, 0.25) is 0 Å².